The van der Waals surface area contributed by atoms with Crippen LogP contribution in [0.2, 0.25) is 0 Å². The van der Waals surface area contributed by atoms with Gasteiger partial charge in [-0.15, -0.1) is 11.3 Å². The molecule has 0 fully saturated rings. The van der Waals surface area contributed by atoms with E-state index in [9.17, 15) is 0 Å². The second-order valence-corrected chi connectivity index (χ2v) is 5.03. The lowest BCUT2D eigenvalue weighted by atomic mass is 10.0. The molecule has 0 bridgehead atoms. The smallest absolute Gasteiger partial charge is 0.0292 e. The van der Waals surface area contributed by atoms with Gasteiger partial charge in [0.25, 0.3) is 0 Å². The van der Waals surface area contributed by atoms with Crippen molar-refractivity contribution >= 4 is 17.6 Å². The summed E-state index contributed by atoms with van der Waals surface area (Å²) in [6, 6.07) is 2.29. The Morgan fingerprint density at radius 3 is 2.86 bits per heavy atom. The molecule has 1 nitrogen and oxygen atoms in total. The van der Waals surface area contributed by atoms with Gasteiger partial charge in [-0.3, -0.25) is 4.99 Å². The molecule has 1 atom stereocenters. The maximum absolute atomic E-state index is 4.07. The number of aliphatic imine (C=N–C) groups is 1. The Morgan fingerprint density at radius 1 is 1.57 bits per heavy atom. The lowest BCUT2D eigenvalue weighted by Crippen LogP contribution is -1.88. The summed E-state index contributed by atoms with van der Waals surface area (Å²) in [5, 5.41) is 0. The lowest BCUT2D eigenvalue weighted by molar-refractivity contribution is 0.675. The maximum Gasteiger partial charge on any atom is 0.0292 e. The fourth-order valence-corrected chi connectivity index (χ4v) is 2.69. The molecule has 1 heterocycles. The normalized spacial score (nSPS) is 13.7. The van der Waals surface area contributed by atoms with Crippen molar-refractivity contribution in [2.24, 2.45) is 4.99 Å². The summed E-state index contributed by atoms with van der Waals surface area (Å²) >= 11 is 1.91. The first-order valence-electron chi connectivity index (χ1n) is 5.21. The van der Waals surface area contributed by atoms with Gasteiger partial charge in [-0.1, -0.05) is 20.3 Å². The Balaban J connectivity index is 2.84. The zero-order valence-electron chi connectivity index (χ0n) is 9.50. The number of nitrogens with zero attached hydrogens (tertiary/aromatic N) is 1. The van der Waals surface area contributed by atoms with Crippen LogP contribution in [0.5, 0.6) is 0 Å². The van der Waals surface area contributed by atoms with Crippen LogP contribution in [0.4, 0.5) is 0 Å². The van der Waals surface area contributed by atoms with Crippen molar-refractivity contribution in [2.75, 3.05) is 7.05 Å². The van der Waals surface area contributed by atoms with Crippen LogP contribution in [0, 0.1) is 6.92 Å². The van der Waals surface area contributed by atoms with Crippen molar-refractivity contribution in [1.82, 2.24) is 0 Å². The molecular formula is C12H19NS. The van der Waals surface area contributed by atoms with Crippen LogP contribution in [0.25, 0.3) is 0 Å². The van der Waals surface area contributed by atoms with Crippen LogP contribution in [0.1, 0.15) is 47.9 Å². The lowest BCUT2D eigenvalue weighted by Gasteiger charge is -2.05. The minimum Gasteiger partial charge on any atom is -0.296 e. The van der Waals surface area contributed by atoms with Gasteiger partial charge < -0.3 is 0 Å². The minimum absolute atomic E-state index is 0.697. The number of aryl methyl sites for hydroxylation is 1. The first-order valence-corrected chi connectivity index (χ1v) is 6.03. The van der Waals surface area contributed by atoms with Crippen LogP contribution >= 0.6 is 11.3 Å². The summed E-state index contributed by atoms with van der Waals surface area (Å²) in [5.74, 6) is 0.697. The van der Waals surface area contributed by atoms with E-state index >= 15 is 0 Å². The van der Waals surface area contributed by atoms with Crippen molar-refractivity contribution in [3.05, 3.63) is 21.4 Å². The second-order valence-electron chi connectivity index (χ2n) is 3.74. The van der Waals surface area contributed by atoms with E-state index < -0.39 is 0 Å². The Labute approximate surface area is 90.9 Å². The topological polar surface area (TPSA) is 12.4 Å². The summed E-state index contributed by atoms with van der Waals surface area (Å²) in [5.41, 5.74) is 1.29. The second kappa shape index (κ2) is 5.30. The molecule has 0 saturated carbocycles. The molecule has 0 spiro atoms. The van der Waals surface area contributed by atoms with E-state index in [1.807, 2.05) is 24.6 Å². The highest BCUT2D eigenvalue weighted by Crippen LogP contribution is 2.29. The highest BCUT2D eigenvalue weighted by atomic mass is 32.1. The largest absolute Gasteiger partial charge is 0.296 e. The molecule has 0 aliphatic rings. The molecular weight excluding hydrogens is 190 g/mol. The molecule has 0 aliphatic carbocycles. The fraction of sp³-hybridized carbons (Fsp3) is 0.583. The van der Waals surface area contributed by atoms with Crippen molar-refractivity contribution in [1.29, 1.82) is 0 Å². The predicted octanol–water partition coefficient (Wildman–Crippen LogP) is 4.01. The standard InChI is InChI=1S/C12H19NS/c1-5-6-9(2)12-7-11(8-13-4)10(3)14-12/h7-9H,5-6H2,1-4H3/b13-8-. The van der Waals surface area contributed by atoms with E-state index in [1.165, 1.54) is 28.2 Å². The highest BCUT2D eigenvalue weighted by Gasteiger charge is 2.09. The number of rotatable bonds is 4. The van der Waals surface area contributed by atoms with Gasteiger partial charge in [-0.05, 0) is 25.3 Å². The summed E-state index contributed by atoms with van der Waals surface area (Å²) in [6.45, 7) is 6.72. The molecule has 0 amide bonds. The van der Waals surface area contributed by atoms with Gasteiger partial charge >= 0.3 is 0 Å². The third-order valence-corrected chi connectivity index (χ3v) is 3.75. The van der Waals surface area contributed by atoms with Gasteiger partial charge in [-0.2, -0.15) is 0 Å². The van der Waals surface area contributed by atoms with Gasteiger partial charge in [0, 0.05) is 28.6 Å². The molecule has 0 aromatic carbocycles. The van der Waals surface area contributed by atoms with Gasteiger partial charge in [0.1, 0.15) is 0 Å². The van der Waals surface area contributed by atoms with Crippen LogP contribution in [0.3, 0.4) is 0 Å². The molecule has 0 N–H and O–H groups in total. The zero-order chi connectivity index (χ0) is 10.6. The Kier molecular flexibility index (Phi) is 4.33. The molecule has 0 saturated heterocycles. The molecule has 0 aliphatic heterocycles. The maximum atomic E-state index is 4.07. The predicted molar refractivity (Wildman–Crippen MR) is 65.9 cm³/mol. The molecule has 2 heteroatoms. The molecule has 0 radical (unpaired) electrons. The summed E-state index contributed by atoms with van der Waals surface area (Å²) < 4.78 is 0. The van der Waals surface area contributed by atoms with Gasteiger partial charge in [0.15, 0.2) is 0 Å². The Morgan fingerprint density at radius 2 is 2.29 bits per heavy atom. The average molecular weight is 209 g/mol. The first kappa shape index (κ1) is 11.4. The molecule has 1 unspecified atom stereocenters. The third kappa shape index (κ3) is 2.68. The number of thiophene rings is 1. The first-order chi connectivity index (χ1) is 6.69. The minimum atomic E-state index is 0.697. The van der Waals surface area contributed by atoms with Crippen molar-refractivity contribution in [3.8, 4) is 0 Å². The summed E-state index contributed by atoms with van der Waals surface area (Å²) in [6.07, 6.45) is 4.49. The summed E-state index contributed by atoms with van der Waals surface area (Å²) in [4.78, 5) is 6.95. The van der Waals surface area contributed by atoms with Crippen LogP contribution < -0.4 is 0 Å². The molecule has 1 rings (SSSR count). The van der Waals surface area contributed by atoms with Gasteiger partial charge in [-0.25, -0.2) is 0 Å². The quantitative estimate of drug-likeness (QED) is 0.664. The van der Waals surface area contributed by atoms with Crippen molar-refractivity contribution < 1.29 is 0 Å². The highest BCUT2D eigenvalue weighted by molar-refractivity contribution is 7.12. The van der Waals surface area contributed by atoms with Crippen molar-refractivity contribution in [2.45, 2.75) is 39.5 Å². The molecule has 78 valence electrons. The van der Waals surface area contributed by atoms with E-state index in [2.05, 4.69) is 31.8 Å². The Bertz CT molecular complexity index is 312. The monoisotopic (exact) mass is 209 g/mol. The molecule has 1 aromatic rings. The number of hydrogen-bond acceptors (Lipinski definition) is 2. The van der Waals surface area contributed by atoms with Crippen molar-refractivity contribution in [3.63, 3.8) is 0 Å². The van der Waals surface area contributed by atoms with E-state index in [1.54, 1.807) is 0 Å². The van der Waals surface area contributed by atoms with Gasteiger partial charge in [0.05, 0.1) is 0 Å². The SMILES string of the molecule is CCCC(C)c1cc(/C=N\C)c(C)s1. The molecule has 1 aromatic heterocycles. The van der Waals surface area contributed by atoms with E-state index in [-0.39, 0.29) is 0 Å². The number of hydrogen-bond donors (Lipinski definition) is 0. The van der Waals surface area contributed by atoms with E-state index in [0.717, 1.165) is 0 Å². The van der Waals surface area contributed by atoms with E-state index in [0.29, 0.717) is 5.92 Å². The van der Waals surface area contributed by atoms with Crippen LogP contribution in [-0.2, 0) is 0 Å². The molecule has 14 heavy (non-hydrogen) atoms. The zero-order valence-corrected chi connectivity index (χ0v) is 10.3. The fourth-order valence-electron chi connectivity index (χ4n) is 1.61. The summed E-state index contributed by atoms with van der Waals surface area (Å²) in [7, 11) is 1.83. The van der Waals surface area contributed by atoms with Gasteiger partial charge in [0.2, 0.25) is 0 Å². The average Bonchev–Trinajstić information content (AvgIpc) is 2.49. The van der Waals surface area contributed by atoms with Crippen LogP contribution in [-0.4, -0.2) is 13.3 Å². The van der Waals surface area contributed by atoms with E-state index in [4.69, 9.17) is 0 Å². The third-order valence-electron chi connectivity index (χ3n) is 2.45. The Hall–Kier alpha value is -0.630. The van der Waals surface area contributed by atoms with Crippen LogP contribution in [0.15, 0.2) is 11.1 Å².